The molecule has 0 unspecified atom stereocenters. The van der Waals surface area contributed by atoms with Crippen LogP contribution in [0.1, 0.15) is 11.3 Å². The van der Waals surface area contributed by atoms with Crippen molar-refractivity contribution in [2.75, 3.05) is 14.2 Å². The number of aryl methyl sites for hydroxylation is 1. The number of ether oxygens (including phenoxy) is 2. The average molecular weight is 387 g/mol. The molecule has 0 aliphatic rings. The lowest BCUT2D eigenvalue weighted by atomic mass is 10.1. The molecule has 0 amide bonds. The summed E-state index contributed by atoms with van der Waals surface area (Å²) in [5.41, 5.74) is 2.91. The van der Waals surface area contributed by atoms with Crippen molar-refractivity contribution in [3.63, 3.8) is 0 Å². The molecule has 0 aliphatic carbocycles. The Morgan fingerprint density at radius 1 is 1.07 bits per heavy atom. The first-order valence-electron chi connectivity index (χ1n) is 8.20. The molecule has 1 aromatic heterocycles. The molecular formula is C19H21N3O4S. The second-order valence-electron chi connectivity index (χ2n) is 5.94. The van der Waals surface area contributed by atoms with Crippen molar-refractivity contribution >= 4 is 27.1 Å². The molecule has 0 fully saturated rings. The van der Waals surface area contributed by atoms with Gasteiger partial charge < -0.3 is 14.0 Å². The summed E-state index contributed by atoms with van der Waals surface area (Å²) in [6, 6.07) is 12.2. The quantitative estimate of drug-likeness (QED) is 0.521. The summed E-state index contributed by atoms with van der Waals surface area (Å²) < 4.78 is 37.4. The first-order valence-corrected chi connectivity index (χ1v) is 9.68. The van der Waals surface area contributed by atoms with Crippen molar-refractivity contribution in [3.8, 4) is 11.5 Å². The highest BCUT2D eigenvalue weighted by molar-refractivity contribution is 7.89. The van der Waals surface area contributed by atoms with Gasteiger partial charge in [0.25, 0.3) is 10.0 Å². The number of hydrogen-bond donors (Lipinski definition) is 1. The van der Waals surface area contributed by atoms with Gasteiger partial charge in [0.05, 0.1) is 25.3 Å². The van der Waals surface area contributed by atoms with Gasteiger partial charge in [-0.1, -0.05) is 18.2 Å². The van der Waals surface area contributed by atoms with E-state index in [1.165, 1.54) is 38.6 Å². The third-order valence-electron chi connectivity index (χ3n) is 4.48. The molecule has 7 nitrogen and oxygen atoms in total. The minimum absolute atomic E-state index is 0.0342. The lowest BCUT2D eigenvalue weighted by Crippen LogP contribution is -2.18. The van der Waals surface area contributed by atoms with Crippen LogP contribution in [0.25, 0.3) is 10.9 Å². The highest BCUT2D eigenvalue weighted by atomic mass is 32.2. The molecule has 8 heteroatoms. The van der Waals surface area contributed by atoms with Crippen LogP contribution in [0, 0.1) is 6.92 Å². The summed E-state index contributed by atoms with van der Waals surface area (Å²) in [6.45, 7) is 1.96. The Morgan fingerprint density at radius 3 is 2.48 bits per heavy atom. The number of fused-ring (bicyclic) bond motifs is 1. The minimum atomic E-state index is -3.84. The van der Waals surface area contributed by atoms with Gasteiger partial charge in [-0.3, -0.25) is 0 Å². The number of nitrogens with one attached hydrogen (secondary N) is 1. The van der Waals surface area contributed by atoms with Crippen molar-refractivity contribution < 1.29 is 17.9 Å². The molecule has 1 heterocycles. The highest BCUT2D eigenvalue weighted by Gasteiger charge is 2.16. The van der Waals surface area contributed by atoms with Crippen LogP contribution in [0.3, 0.4) is 0 Å². The molecule has 0 spiro atoms. The minimum Gasteiger partial charge on any atom is -0.493 e. The van der Waals surface area contributed by atoms with Gasteiger partial charge in [0, 0.05) is 35.3 Å². The second kappa shape index (κ2) is 7.32. The SMILES string of the molecule is COc1ccc(S(=O)(=O)N/N=C/c2c(C)n(C)c3ccccc23)cc1OC. The third kappa shape index (κ3) is 3.48. The van der Waals surface area contributed by atoms with Gasteiger partial charge in [0.2, 0.25) is 0 Å². The third-order valence-corrected chi connectivity index (χ3v) is 5.70. The number of sulfonamides is 1. The second-order valence-corrected chi connectivity index (χ2v) is 7.61. The van der Waals surface area contributed by atoms with Crippen LogP contribution in [0.5, 0.6) is 11.5 Å². The van der Waals surface area contributed by atoms with E-state index >= 15 is 0 Å². The Kier molecular flexibility index (Phi) is 5.09. The molecule has 0 radical (unpaired) electrons. The Labute approximate surface area is 158 Å². The summed E-state index contributed by atoms with van der Waals surface area (Å²) in [7, 11) is 1.06. The number of rotatable bonds is 6. The number of aromatic nitrogens is 1. The normalized spacial score (nSPS) is 11.9. The first kappa shape index (κ1) is 18.8. The number of hydrogen-bond acceptors (Lipinski definition) is 5. The smallest absolute Gasteiger partial charge is 0.276 e. The number of methoxy groups -OCH3 is 2. The van der Waals surface area contributed by atoms with Gasteiger partial charge in [0.1, 0.15) is 0 Å². The van der Waals surface area contributed by atoms with Crippen molar-refractivity contribution in [1.29, 1.82) is 0 Å². The molecule has 0 saturated heterocycles. The number of para-hydroxylation sites is 1. The van der Waals surface area contributed by atoms with E-state index in [4.69, 9.17) is 9.47 Å². The molecule has 2 aromatic carbocycles. The van der Waals surface area contributed by atoms with Gasteiger partial charge in [0.15, 0.2) is 11.5 Å². The largest absolute Gasteiger partial charge is 0.493 e. The number of nitrogens with zero attached hydrogens (tertiary/aromatic N) is 2. The van der Waals surface area contributed by atoms with E-state index in [1.807, 2.05) is 42.8 Å². The van der Waals surface area contributed by atoms with Gasteiger partial charge >= 0.3 is 0 Å². The van der Waals surface area contributed by atoms with Gasteiger partial charge in [-0.05, 0) is 25.1 Å². The lowest BCUT2D eigenvalue weighted by Gasteiger charge is -2.09. The van der Waals surface area contributed by atoms with E-state index in [2.05, 4.69) is 9.93 Å². The van der Waals surface area contributed by atoms with Crippen LogP contribution in [0.15, 0.2) is 52.5 Å². The van der Waals surface area contributed by atoms with E-state index in [0.29, 0.717) is 11.5 Å². The summed E-state index contributed by atoms with van der Waals surface area (Å²) in [6.07, 6.45) is 1.52. The molecular weight excluding hydrogens is 366 g/mol. The summed E-state index contributed by atoms with van der Waals surface area (Å²) in [5, 5.41) is 4.97. The maximum absolute atomic E-state index is 12.5. The molecule has 0 aliphatic heterocycles. The van der Waals surface area contributed by atoms with E-state index in [0.717, 1.165) is 22.2 Å². The summed E-state index contributed by atoms with van der Waals surface area (Å²) in [5.74, 6) is 0.778. The topological polar surface area (TPSA) is 81.9 Å². The Hall–Kier alpha value is -3.00. The predicted molar refractivity (Wildman–Crippen MR) is 105 cm³/mol. The van der Waals surface area contributed by atoms with Crippen molar-refractivity contribution in [2.24, 2.45) is 12.1 Å². The summed E-state index contributed by atoms with van der Waals surface area (Å²) >= 11 is 0. The standard InChI is InChI=1S/C19H21N3O4S/c1-13-16(15-7-5-6-8-17(15)22(13)2)12-20-21-27(23,24)14-9-10-18(25-3)19(11-14)26-4/h5-12,21H,1-4H3/b20-12+. The van der Waals surface area contributed by atoms with Crippen molar-refractivity contribution in [2.45, 2.75) is 11.8 Å². The zero-order valence-corrected chi connectivity index (χ0v) is 16.4. The fraction of sp³-hybridized carbons (Fsp3) is 0.211. The Balaban J connectivity index is 1.89. The van der Waals surface area contributed by atoms with Crippen LogP contribution < -0.4 is 14.3 Å². The maximum Gasteiger partial charge on any atom is 0.276 e. The van der Waals surface area contributed by atoms with Crippen LogP contribution in [0.4, 0.5) is 0 Å². The van der Waals surface area contributed by atoms with E-state index in [-0.39, 0.29) is 4.90 Å². The average Bonchev–Trinajstić information content (AvgIpc) is 2.92. The van der Waals surface area contributed by atoms with E-state index < -0.39 is 10.0 Å². The van der Waals surface area contributed by atoms with E-state index in [1.54, 1.807) is 0 Å². The molecule has 0 saturated carbocycles. The zero-order chi connectivity index (χ0) is 19.6. The van der Waals surface area contributed by atoms with E-state index in [9.17, 15) is 8.42 Å². The lowest BCUT2D eigenvalue weighted by molar-refractivity contribution is 0.354. The summed E-state index contributed by atoms with van der Waals surface area (Å²) in [4.78, 5) is 2.28. The molecule has 0 atom stereocenters. The molecule has 0 bridgehead atoms. The molecule has 142 valence electrons. The molecule has 1 N–H and O–H groups in total. The molecule has 3 aromatic rings. The fourth-order valence-electron chi connectivity index (χ4n) is 2.91. The van der Waals surface area contributed by atoms with Gasteiger partial charge in [-0.25, -0.2) is 4.83 Å². The van der Waals surface area contributed by atoms with Crippen molar-refractivity contribution in [1.82, 2.24) is 9.40 Å². The number of hydrazone groups is 1. The van der Waals surface area contributed by atoms with Crippen LogP contribution in [-0.4, -0.2) is 33.4 Å². The van der Waals surface area contributed by atoms with Gasteiger partial charge in [-0.15, -0.1) is 0 Å². The van der Waals surface area contributed by atoms with Crippen LogP contribution in [0.2, 0.25) is 0 Å². The Morgan fingerprint density at radius 2 is 1.78 bits per heavy atom. The zero-order valence-electron chi connectivity index (χ0n) is 15.6. The highest BCUT2D eigenvalue weighted by Crippen LogP contribution is 2.29. The van der Waals surface area contributed by atoms with Crippen LogP contribution >= 0.6 is 0 Å². The number of benzene rings is 2. The Bertz CT molecular complexity index is 1120. The monoisotopic (exact) mass is 387 g/mol. The predicted octanol–water partition coefficient (Wildman–Crippen LogP) is 2.82. The molecule has 3 rings (SSSR count). The first-order chi connectivity index (χ1) is 12.9. The van der Waals surface area contributed by atoms with Crippen molar-refractivity contribution in [3.05, 3.63) is 53.7 Å². The maximum atomic E-state index is 12.5. The van der Waals surface area contributed by atoms with Crippen LogP contribution in [-0.2, 0) is 17.1 Å². The fourth-order valence-corrected chi connectivity index (χ4v) is 3.72. The van der Waals surface area contributed by atoms with Gasteiger partial charge in [-0.2, -0.15) is 13.5 Å². The molecule has 27 heavy (non-hydrogen) atoms.